The van der Waals surface area contributed by atoms with Crippen LogP contribution in [-0.4, -0.2) is 12.2 Å². The Balaban J connectivity index is 2.38. The van der Waals surface area contributed by atoms with Crippen LogP contribution in [0.15, 0.2) is 30.3 Å². The van der Waals surface area contributed by atoms with Gasteiger partial charge < -0.3 is 14.6 Å². The van der Waals surface area contributed by atoms with Crippen molar-refractivity contribution >= 4 is 0 Å². The molecule has 0 unspecified atom stereocenters. The van der Waals surface area contributed by atoms with Crippen LogP contribution in [0.3, 0.4) is 0 Å². The molecule has 0 bridgehead atoms. The highest BCUT2D eigenvalue weighted by molar-refractivity contribution is 5.46. The van der Waals surface area contributed by atoms with E-state index in [9.17, 15) is 8.78 Å². The van der Waals surface area contributed by atoms with Gasteiger partial charge in [0.15, 0.2) is 28.9 Å². The zero-order chi connectivity index (χ0) is 15.4. The van der Waals surface area contributed by atoms with Gasteiger partial charge in [0, 0.05) is 0 Å². The predicted molar refractivity (Wildman–Crippen MR) is 74.7 cm³/mol. The molecule has 0 aliphatic rings. The van der Waals surface area contributed by atoms with Gasteiger partial charge in [-0.25, -0.2) is 8.78 Å². The highest BCUT2D eigenvalue weighted by Gasteiger charge is 2.16. The monoisotopic (exact) mass is 294 g/mol. The van der Waals surface area contributed by atoms with Gasteiger partial charge in [-0.05, 0) is 41.8 Å². The summed E-state index contributed by atoms with van der Waals surface area (Å²) < 4.78 is 38.2. The molecular formula is C16H16F2O3. The van der Waals surface area contributed by atoms with Gasteiger partial charge in [0.25, 0.3) is 0 Å². The highest BCUT2D eigenvalue weighted by Crippen LogP contribution is 2.35. The fourth-order valence-corrected chi connectivity index (χ4v) is 1.93. The first-order valence-corrected chi connectivity index (χ1v) is 6.52. The molecule has 0 radical (unpaired) electrons. The predicted octanol–water partition coefficient (Wildman–Crippen LogP) is 3.82. The molecule has 3 nitrogen and oxygen atoms in total. The van der Waals surface area contributed by atoms with E-state index >= 15 is 0 Å². The summed E-state index contributed by atoms with van der Waals surface area (Å²) in [6, 6.07) is 7.23. The van der Waals surface area contributed by atoms with Crippen molar-refractivity contribution in [2.45, 2.75) is 20.0 Å². The standard InChI is InChI=1S/C16H16F2O3/c1-3-10-4-5-14(15(8-10)20-2)21-16-12(17)6-11(9-19)7-13(16)18/h4-8,19H,3,9H2,1-2H3. The van der Waals surface area contributed by atoms with E-state index in [1.165, 1.54) is 7.11 Å². The Morgan fingerprint density at radius 1 is 1.00 bits per heavy atom. The molecule has 5 heteroatoms. The zero-order valence-electron chi connectivity index (χ0n) is 11.8. The first-order chi connectivity index (χ1) is 10.1. The van der Waals surface area contributed by atoms with Crippen LogP contribution in [0.2, 0.25) is 0 Å². The van der Waals surface area contributed by atoms with E-state index in [1.807, 2.05) is 6.92 Å². The molecule has 0 heterocycles. The molecule has 1 N–H and O–H groups in total. The van der Waals surface area contributed by atoms with Crippen LogP contribution in [0.5, 0.6) is 17.2 Å². The fraction of sp³-hybridized carbons (Fsp3) is 0.250. The lowest BCUT2D eigenvalue weighted by Gasteiger charge is -2.13. The second kappa shape index (κ2) is 6.54. The topological polar surface area (TPSA) is 38.7 Å². The molecule has 0 saturated carbocycles. The summed E-state index contributed by atoms with van der Waals surface area (Å²) in [5.74, 6) is -1.64. The van der Waals surface area contributed by atoms with Crippen LogP contribution in [0.1, 0.15) is 18.1 Å². The summed E-state index contributed by atoms with van der Waals surface area (Å²) >= 11 is 0. The van der Waals surface area contributed by atoms with E-state index in [-0.39, 0.29) is 11.3 Å². The van der Waals surface area contributed by atoms with Crippen LogP contribution in [0.4, 0.5) is 8.78 Å². The van der Waals surface area contributed by atoms with E-state index in [2.05, 4.69) is 0 Å². The van der Waals surface area contributed by atoms with Gasteiger partial charge in [-0.2, -0.15) is 0 Å². The Morgan fingerprint density at radius 2 is 1.67 bits per heavy atom. The third kappa shape index (κ3) is 3.31. The summed E-state index contributed by atoms with van der Waals surface area (Å²) in [6.07, 6.45) is 0.810. The number of ether oxygens (including phenoxy) is 2. The van der Waals surface area contributed by atoms with Crippen molar-refractivity contribution in [1.82, 2.24) is 0 Å². The van der Waals surface area contributed by atoms with Gasteiger partial charge in [0.2, 0.25) is 0 Å². The number of benzene rings is 2. The molecule has 2 rings (SSSR count). The van der Waals surface area contributed by atoms with Crippen LogP contribution in [0, 0.1) is 11.6 Å². The fourth-order valence-electron chi connectivity index (χ4n) is 1.93. The van der Waals surface area contributed by atoms with Gasteiger partial charge in [-0.1, -0.05) is 13.0 Å². The quantitative estimate of drug-likeness (QED) is 0.911. The maximum Gasteiger partial charge on any atom is 0.198 e. The number of aliphatic hydroxyl groups excluding tert-OH is 1. The van der Waals surface area contributed by atoms with Gasteiger partial charge in [-0.3, -0.25) is 0 Å². The lowest BCUT2D eigenvalue weighted by atomic mass is 10.1. The molecule has 0 fully saturated rings. The van der Waals surface area contributed by atoms with Crippen molar-refractivity contribution in [2.24, 2.45) is 0 Å². The maximum atomic E-state index is 13.8. The molecule has 0 amide bonds. The lowest BCUT2D eigenvalue weighted by molar-refractivity contribution is 0.279. The molecular weight excluding hydrogens is 278 g/mol. The molecule has 0 spiro atoms. The molecule has 0 aromatic heterocycles. The summed E-state index contributed by atoms with van der Waals surface area (Å²) in [5.41, 5.74) is 1.17. The normalized spacial score (nSPS) is 10.5. The largest absolute Gasteiger partial charge is 0.493 e. The average Bonchev–Trinajstić information content (AvgIpc) is 2.50. The number of halogens is 2. The van der Waals surface area contributed by atoms with Crippen LogP contribution < -0.4 is 9.47 Å². The van der Waals surface area contributed by atoms with E-state index in [0.717, 1.165) is 24.1 Å². The summed E-state index contributed by atoms with van der Waals surface area (Å²) in [5, 5.41) is 8.91. The molecule has 0 saturated heterocycles. The smallest absolute Gasteiger partial charge is 0.198 e. The second-order valence-electron chi connectivity index (χ2n) is 4.49. The minimum Gasteiger partial charge on any atom is -0.493 e. The average molecular weight is 294 g/mol. The number of hydrogen-bond acceptors (Lipinski definition) is 3. The number of aryl methyl sites for hydroxylation is 1. The van der Waals surface area contributed by atoms with Crippen LogP contribution >= 0.6 is 0 Å². The molecule has 0 aliphatic heterocycles. The van der Waals surface area contributed by atoms with Crippen molar-refractivity contribution in [3.63, 3.8) is 0 Å². The Morgan fingerprint density at radius 3 is 2.19 bits per heavy atom. The first-order valence-electron chi connectivity index (χ1n) is 6.52. The molecule has 21 heavy (non-hydrogen) atoms. The van der Waals surface area contributed by atoms with Gasteiger partial charge in [0.05, 0.1) is 13.7 Å². The molecule has 2 aromatic rings. The van der Waals surface area contributed by atoms with E-state index in [0.29, 0.717) is 5.75 Å². The SMILES string of the molecule is CCc1ccc(Oc2c(F)cc(CO)cc2F)c(OC)c1. The number of hydrogen-bond donors (Lipinski definition) is 1. The van der Waals surface area contributed by atoms with Crippen molar-refractivity contribution < 1.29 is 23.4 Å². The lowest BCUT2D eigenvalue weighted by Crippen LogP contribution is -1.98. The van der Waals surface area contributed by atoms with E-state index < -0.39 is 24.0 Å². The van der Waals surface area contributed by atoms with Crippen molar-refractivity contribution in [1.29, 1.82) is 0 Å². The maximum absolute atomic E-state index is 13.8. The highest BCUT2D eigenvalue weighted by atomic mass is 19.1. The molecule has 112 valence electrons. The van der Waals surface area contributed by atoms with Crippen molar-refractivity contribution in [3.05, 3.63) is 53.1 Å². The Hall–Kier alpha value is -2.14. The minimum absolute atomic E-state index is 0.144. The zero-order valence-corrected chi connectivity index (χ0v) is 11.8. The number of rotatable bonds is 5. The van der Waals surface area contributed by atoms with Gasteiger partial charge >= 0.3 is 0 Å². The Kier molecular flexibility index (Phi) is 4.75. The van der Waals surface area contributed by atoms with Crippen LogP contribution in [0.25, 0.3) is 0 Å². The van der Waals surface area contributed by atoms with Crippen molar-refractivity contribution in [2.75, 3.05) is 7.11 Å². The van der Waals surface area contributed by atoms with Gasteiger partial charge in [-0.15, -0.1) is 0 Å². The van der Waals surface area contributed by atoms with E-state index in [1.54, 1.807) is 18.2 Å². The summed E-state index contributed by atoms with van der Waals surface area (Å²) in [4.78, 5) is 0. The summed E-state index contributed by atoms with van der Waals surface area (Å²) in [6.45, 7) is 1.55. The van der Waals surface area contributed by atoms with Crippen molar-refractivity contribution in [3.8, 4) is 17.2 Å². The molecule has 0 atom stereocenters. The van der Waals surface area contributed by atoms with Crippen LogP contribution in [-0.2, 0) is 13.0 Å². The number of aliphatic hydroxyl groups is 1. The Bertz CT molecular complexity index is 618. The Labute approximate surface area is 121 Å². The third-order valence-corrected chi connectivity index (χ3v) is 3.09. The van der Waals surface area contributed by atoms with Gasteiger partial charge in [0.1, 0.15) is 0 Å². The molecule has 0 aliphatic carbocycles. The first kappa shape index (κ1) is 15.3. The van der Waals surface area contributed by atoms with E-state index in [4.69, 9.17) is 14.6 Å². The summed E-state index contributed by atoms with van der Waals surface area (Å²) in [7, 11) is 1.46. The minimum atomic E-state index is -0.874. The second-order valence-corrected chi connectivity index (χ2v) is 4.49. The molecule has 2 aromatic carbocycles. The number of methoxy groups -OCH3 is 1. The third-order valence-electron chi connectivity index (χ3n) is 3.09.